The Kier molecular flexibility index (Phi) is 8.64. The first-order valence-corrected chi connectivity index (χ1v) is 13.2. The van der Waals surface area contributed by atoms with Crippen molar-refractivity contribution in [3.8, 4) is 22.6 Å². The van der Waals surface area contributed by atoms with E-state index in [-0.39, 0.29) is 11.0 Å². The second-order valence-corrected chi connectivity index (χ2v) is 10.2. The van der Waals surface area contributed by atoms with E-state index in [2.05, 4.69) is 0 Å². The van der Waals surface area contributed by atoms with Gasteiger partial charge in [-0.15, -0.1) is 0 Å². The summed E-state index contributed by atoms with van der Waals surface area (Å²) in [5, 5.41) is 41.1. The molecular formula is C29H34O12. The molecule has 3 heterocycles. The molecule has 2 fully saturated rings. The number of benzene rings is 2. The summed E-state index contributed by atoms with van der Waals surface area (Å²) in [5.41, 5.74) is 0.937. The summed E-state index contributed by atoms with van der Waals surface area (Å²) in [5.74, 6) is 0.735. The van der Waals surface area contributed by atoms with Crippen molar-refractivity contribution in [2.45, 2.75) is 75.3 Å². The molecule has 222 valence electrons. The molecule has 0 amide bonds. The summed E-state index contributed by atoms with van der Waals surface area (Å²) < 4.78 is 39.4. The molecule has 3 aromatic rings. The molecule has 0 bridgehead atoms. The Labute approximate surface area is 235 Å². The number of aliphatic hydroxyl groups is 4. The van der Waals surface area contributed by atoms with Gasteiger partial charge >= 0.3 is 0 Å². The highest BCUT2D eigenvalue weighted by molar-refractivity contribution is 5.82. The number of hydrogen-bond donors (Lipinski definition) is 4. The van der Waals surface area contributed by atoms with E-state index >= 15 is 0 Å². The van der Waals surface area contributed by atoms with Gasteiger partial charge in [-0.25, -0.2) is 0 Å². The van der Waals surface area contributed by atoms with E-state index in [0.29, 0.717) is 28.0 Å². The standard InChI is InChI=1S/C29H34O12/c1-13-21(30)24(33)26(35-3)28(38-13)40-16-7-5-15(6-8-16)19-12-37-20-11-17(9-10-18(20)23(19)32)41-29-27(36-4)25(34)22(31)14(2)39-29/h5-14,21-22,24-31,33-34H,1-4H3/t13-,14-,21-,22-,24+,25+,26-,27-,28-,29-/m0/s1. The topological polar surface area (TPSA) is 167 Å². The highest BCUT2D eigenvalue weighted by Gasteiger charge is 2.45. The van der Waals surface area contributed by atoms with E-state index in [1.165, 1.54) is 20.5 Å². The maximum Gasteiger partial charge on any atom is 0.229 e. The Morgan fingerprint density at radius 1 is 0.707 bits per heavy atom. The predicted molar refractivity (Wildman–Crippen MR) is 143 cm³/mol. The summed E-state index contributed by atoms with van der Waals surface area (Å²) in [4.78, 5) is 13.3. The van der Waals surface area contributed by atoms with Crippen LogP contribution in [0, 0.1) is 0 Å². The van der Waals surface area contributed by atoms with Crippen molar-refractivity contribution in [3.63, 3.8) is 0 Å². The van der Waals surface area contributed by atoms with Crippen LogP contribution in [0.5, 0.6) is 11.5 Å². The molecule has 2 aliphatic heterocycles. The van der Waals surface area contributed by atoms with Gasteiger partial charge in [0, 0.05) is 20.3 Å². The van der Waals surface area contributed by atoms with Crippen molar-refractivity contribution in [1.82, 2.24) is 0 Å². The molecule has 5 rings (SSSR count). The van der Waals surface area contributed by atoms with Gasteiger partial charge in [0.05, 0.1) is 23.2 Å². The van der Waals surface area contributed by atoms with Crippen LogP contribution in [0.3, 0.4) is 0 Å². The molecule has 0 radical (unpaired) electrons. The molecule has 4 N–H and O–H groups in total. The van der Waals surface area contributed by atoms with E-state index in [1.54, 1.807) is 56.3 Å². The van der Waals surface area contributed by atoms with Crippen LogP contribution in [-0.4, -0.2) is 96.1 Å². The van der Waals surface area contributed by atoms with Gasteiger partial charge in [0.15, 0.2) is 5.43 Å². The molecule has 10 atom stereocenters. The SMILES string of the molecule is CO[C@@H]1[C@H](Oc2ccc(-c3coc4cc(O[C@@H]5O[C@@H](C)[C@H](O)[C@@H](O)[C@@H]5OC)ccc4c3=O)cc2)O[C@@H](C)[C@H](O)[C@H]1O. The Bertz CT molecular complexity index is 1390. The first-order chi connectivity index (χ1) is 19.6. The van der Waals surface area contributed by atoms with Gasteiger partial charge in [-0.3, -0.25) is 4.79 Å². The Morgan fingerprint density at radius 3 is 1.76 bits per heavy atom. The molecule has 12 heteroatoms. The molecule has 1 aromatic heterocycles. The monoisotopic (exact) mass is 574 g/mol. The molecule has 2 saturated heterocycles. The minimum Gasteiger partial charge on any atom is -0.463 e. The van der Waals surface area contributed by atoms with Crippen LogP contribution < -0.4 is 14.9 Å². The third kappa shape index (κ3) is 5.70. The van der Waals surface area contributed by atoms with Crippen LogP contribution in [-0.2, 0) is 18.9 Å². The molecule has 2 aliphatic rings. The summed E-state index contributed by atoms with van der Waals surface area (Å²) in [6.45, 7) is 3.25. The molecule has 2 aromatic carbocycles. The number of aliphatic hydroxyl groups excluding tert-OH is 4. The van der Waals surface area contributed by atoms with Gasteiger partial charge in [0.2, 0.25) is 12.6 Å². The highest BCUT2D eigenvalue weighted by Crippen LogP contribution is 2.30. The van der Waals surface area contributed by atoms with Crippen LogP contribution in [0.2, 0.25) is 0 Å². The molecule has 0 saturated carbocycles. The first kappa shape index (κ1) is 29.4. The maximum atomic E-state index is 13.3. The minimum absolute atomic E-state index is 0.261. The van der Waals surface area contributed by atoms with Gasteiger partial charge in [0.25, 0.3) is 0 Å². The predicted octanol–water partition coefficient (Wildman–Crippen LogP) is 1.18. The first-order valence-electron chi connectivity index (χ1n) is 13.2. The lowest BCUT2D eigenvalue weighted by atomic mass is 10.00. The van der Waals surface area contributed by atoms with E-state index in [9.17, 15) is 25.2 Å². The third-order valence-corrected chi connectivity index (χ3v) is 7.53. The lowest BCUT2D eigenvalue weighted by Gasteiger charge is -2.40. The van der Waals surface area contributed by atoms with Crippen molar-refractivity contribution in [1.29, 1.82) is 0 Å². The highest BCUT2D eigenvalue weighted by atomic mass is 16.7. The van der Waals surface area contributed by atoms with Crippen molar-refractivity contribution in [3.05, 3.63) is 59.0 Å². The fraction of sp³-hybridized carbons (Fsp3) is 0.483. The largest absolute Gasteiger partial charge is 0.463 e. The zero-order chi connectivity index (χ0) is 29.4. The van der Waals surface area contributed by atoms with Gasteiger partial charge in [-0.2, -0.15) is 0 Å². The van der Waals surface area contributed by atoms with Crippen LogP contribution in [0.1, 0.15) is 13.8 Å². The number of ether oxygens (including phenoxy) is 6. The number of rotatable bonds is 7. The van der Waals surface area contributed by atoms with E-state index in [0.717, 1.165) is 0 Å². The Morgan fingerprint density at radius 2 is 1.22 bits per heavy atom. The normalized spacial score (nSPS) is 34.0. The van der Waals surface area contributed by atoms with Crippen molar-refractivity contribution < 1.29 is 53.3 Å². The Hall–Kier alpha value is -3.07. The zero-order valence-electron chi connectivity index (χ0n) is 22.9. The molecule has 0 unspecified atom stereocenters. The summed E-state index contributed by atoms with van der Waals surface area (Å²) in [6, 6.07) is 11.4. The molecule has 0 spiro atoms. The van der Waals surface area contributed by atoms with Crippen molar-refractivity contribution in [2.75, 3.05) is 14.2 Å². The van der Waals surface area contributed by atoms with Gasteiger partial charge in [-0.1, -0.05) is 12.1 Å². The van der Waals surface area contributed by atoms with Gasteiger partial charge in [-0.05, 0) is 43.7 Å². The van der Waals surface area contributed by atoms with Crippen LogP contribution in [0.4, 0.5) is 0 Å². The second kappa shape index (κ2) is 12.0. The van der Waals surface area contributed by atoms with Crippen LogP contribution >= 0.6 is 0 Å². The summed E-state index contributed by atoms with van der Waals surface area (Å²) in [7, 11) is 2.77. The third-order valence-electron chi connectivity index (χ3n) is 7.53. The molecule has 41 heavy (non-hydrogen) atoms. The number of hydrogen-bond acceptors (Lipinski definition) is 12. The molecular weight excluding hydrogens is 540 g/mol. The second-order valence-electron chi connectivity index (χ2n) is 10.2. The molecule has 12 nitrogen and oxygen atoms in total. The molecule has 0 aliphatic carbocycles. The quantitative estimate of drug-likeness (QED) is 0.319. The van der Waals surface area contributed by atoms with Crippen LogP contribution in [0.25, 0.3) is 22.1 Å². The van der Waals surface area contributed by atoms with Crippen LogP contribution in [0.15, 0.2) is 57.9 Å². The number of methoxy groups -OCH3 is 2. The average molecular weight is 575 g/mol. The van der Waals surface area contributed by atoms with Crippen molar-refractivity contribution >= 4 is 11.0 Å². The fourth-order valence-electron chi connectivity index (χ4n) is 5.06. The van der Waals surface area contributed by atoms with Gasteiger partial charge in [0.1, 0.15) is 60.0 Å². The fourth-order valence-corrected chi connectivity index (χ4v) is 5.06. The average Bonchev–Trinajstić information content (AvgIpc) is 2.96. The lowest BCUT2D eigenvalue weighted by Crippen LogP contribution is -2.59. The van der Waals surface area contributed by atoms with Crippen molar-refractivity contribution in [2.24, 2.45) is 0 Å². The van der Waals surface area contributed by atoms with E-state index < -0.39 is 61.4 Å². The van der Waals surface area contributed by atoms with E-state index in [4.69, 9.17) is 32.8 Å². The maximum absolute atomic E-state index is 13.3. The van der Waals surface area contributed by atoms with Gasteiger partial charge < -0.3 is 53.3 Å². The minimum atomic E-state index is -1.20. The smallest absolute Gasteiger partial charge is 0.229 e. The Balaban J connectivity index is 1.32. The summed E-state index contributed by atoms with van der Waals surface area (Å²) >= 11 is 0. The zero-order valence-corrected chi connectivity index (χ0v) is 22.9. The van der Waals surface area contributed by atoms with E-state index in [1.807, 2.05) is 0 Å². The lowest BCUT2D eigenvalue weighted by molar-refractivity contribution is -0.274. The summed E-state index contributed by atoms with van der Waals surface area (Å²) in [6.07, 6.45) is -8.36. The number of fused-ring (bicyclic) bond motifs is 1.